The van der Waals surface area contributed by atoms with E-state index >= 15 is 0 Å². The van der Waals surface area contributed by atoms with Gasteiger partial charge in [-0.05, 0) is 17.7 Å². The summed E-state index contributed by atoms with van der Waals surface area (Å²) in [6.45, 7) is 3.68. The van der Waals surface area contributed by atoms with E-state index in [4.69, 9.17) is 4.74 Å². The third-order valence-corrected chi connectivity index (χ3v) is 5.53. The molecular formula is C23H23FN2O4. The van der Waals surface area contributed by atoms with Gasteiger partial charge in [-0.25, -0.2) is 4.39 Å². The molecule has 0 aromatic heterocycles. The number of nitrogens with zero attached hydrogens (tertiary/aromatic N) is 2. The van der Waals surface area contributed by atoms with Gasteiger partial charge >= 0.3 is 0 Å². The average molecular weight is 410 g/mol. The molecule has 0 spiro atoms. The Bertz CT molecular complexity index is 953. The largest absolute Gasteiger partial charge is 0.507 e. The minimum Gasteiger partial charge on any atom is -0.507 e. The van der Waals surface area contributed by atoms with Gasteiger partial charge in [0.05, 0.1) is 24.8 Å². The first-order chi connectivity index (χ1) is 14.6. The number of rotatable bonds is 5. The van der Waals surface area contributed by atoms with Crippen molar-refractivity contribution < 1.29 is 23.8 Å². The molecule has 156 valence electrons. The Labute approximate surface area is 174 Å². The molecule has 0 radical (unpaired) electrons. The van der Waals surface area contributed by atoms with E-state index in [1.807, 2.05) is 0 Å². The van der Waals surface area contributed by atoms with Gasteiger partial charge in [0, 0.05) is 31.7 Å². The molecule has 1 atom stereocenters. The van der Waals surface area contributed by atoms with Gasteiger partial charge in [0.25, 0.3) is 11.7 Å². The number of aliphatic hydroxyl groups excluding tert-OH is 1. The second-order valence-electron chi connectivity index (χ2n) is 7.36. The number of hydrogen-bond donors (Lipinski definition) is 1. The third kappa shape index (κ3) is 3.99. The zero-order valence-corrected chi connectivity index (χ0v) is 16.5. The molecule has 2 aliphatic heterocycles. The van der Waals surface area contributed by atoms with Gasteiger partial charge in [-0.15, -0.1) is 0 Å². The van der Waals surface area contributed by atoms with E-state index in [1.165, 1.54) is 17.0 Å². The fraction of sp³-hybridized carbons (Fsp3) is 0.304. The van der Waals surface area contributed by atoms with Crippen molar-refractivity contribution in [3.8, 4) is 0 Å². The summed E-state index contributed by atoms with van der Waals surface area (Å²) in [7, 11) is 0. The molecule has 0 saturated carbocycles. The predicted octanol–water partition coefficient (Wildman–Crippen LogP) is 2.58. The number of ketones is 1. The van der Waals surface area contributed by atoms with Crippen LogP contribution in [-0.2, 0) is 14.3 Å². The highest BCUT2D eigenvalue weighted by atomic mass is 19.1. The topological polar surface area (TPSA) is 70.1 Å². The predicted molar refractivity (Wildman–Crippen MR) is 109 cm³/mol. The summed E-state index contributed by atoms with van der Waals surface area (Å²) in [4.78, 5) is 29.4. The van der Waals surface area contributed by atoms with Gasteiger partial charge in [0.2, 0.25) is 0 Å². The smallest absolute Gasteiger partial charge is 0.295 e. The number of aliphatic hydroxyl groups is 1. The Morgan fingerprint density at radius 2 is 1.67 bits per heavy atom. The van der Waals surface area contributed by atoms with E-state index in [9.17, 15) is 19.1 Å². The van der Waals surface area contributed by atoms with Gasteiger partial charge in [0.15, 0.2) is 0 Å². The van der Waals surface area contributed by atoms with Crippen molar-refractivity contribution in [2.45, 2.75) is 6.04 Å². The van der Waals surface area contributed by atoms with E-state index in [2.05, 4.69) is 4.90 Å². The maximum Gasteiger partial charge on any atom is 0.295 e. The first-order valence-corrected chi connectivity index (χ1v) is 9.95. The maximum atomic E-state index is 13.5. The first-order valence-electron chi connectivity index (χ1n) is 9.95. The van der Waals surface area contributed by atoms with Gasteiger partial charge in [-0.2, -0.15) is 0 Å². The van der Waals surface area contributed by atoms with E-state index in [1.54, 1.807) is 42.5 Å². The summed E-state index contributed by atoms with van der Waals surface area (Å²) in [5.74, 6) is -2.02. The lowest BCUT2D eigenvalue weighted by Crippen LogP contribution is -2.42. The fourth-order valence-corrected chi connectivity index (χ4v) is 3.93. The van der Waals surface area contributed by atoms with Crippen molar-refractivity contribution in [1.82, 2.24) is 9.80 Å². The highest BCUT2D eigenvalue weighted by Crippen LogP contribution is 2.39. The lowest BCUT2D eigenvalue weighted by Gasteiger charge is -2.31. The number of carbonyl (C=O) groups is 2. The summed E-state index contributed by atoms with van der Waals surface area (Å²) < 4.78 is 18.9. The minimum absolute atomic E-state index is 0.0276. The molecular weight excluding hydrogens is 387 g/mol. The van der Waals surface area contributed by atoms with Crippen molar-refractivity contribution in [2.24, 2.45) is 0 Å². The molecule has 2 aliphatic rings. The van der Waals surface area contributed by atoms with E-state index < -0.39 is 23.5 Å². The van der Waals surface area contributed by atoms with Gasteiger partial charge in [-0.1, -0.05) is 42.5 Å². The first kappa shape index (κ1) is 20.3. The van der Waals surface area contributed by atoms with Gasteiger partial charge < -0.3 is 14.7 Å². The number of amides is 1. The minimum atomic E-state index is -0.771. The number of hydrogen-bond acceptors (Lipinski definition) is 5. The molecule has 4 rings (SSSR count). The molecule has 2 fully saturated rings. The van der Waals surface area contributed by atoms with Crippen LogP contribution >= 0.6 is 0 Å². The molecule has 2 aromatic rings. The van der Waals surface area contributed by atoms with Gasteiger partial charge in [-0.3, -0.25) is 14.5 Å². The molecule has 7 heteroatoms. The third-order valence-electron chi connectivity index (χ3n) is 5.53. The quantitative estimate of drug-likeness (QED) is 0.466. The number of morpholine rings is 1. The van der Waals surface area contributed by atoms with Crippen molar-refractivity contribution in [3.05, 3.63) is 77.1 Å². The Balaban J connectivity index is 1.72. The molecule has 2 saturated heterocycles. The average Bonchev–Trinajstić information content (AvgIpc) is 3.04. The van der Waals surface area contributed by atoms with E-state index in [0.29, 0.717) is 37.4 Å². The highest BCUT2D eigenvalue weighted by molar-refractivity contribution is 6.46. The Hall–Kier alpha value is -3.03. The van der Waals surface area contributed by atoms with Gasteiger partial charge in [0.1, 0.15) is 11.6 Å². The summed E-state index contributed by atoms with van der Waals surface area (Å²) in [6.07, 6.45) is 0. The Kier molecular flexibility index (Phi) is 5.92. The fourth-order valence-electron chi connectivity index (χ4n) is 3.93. The normalized spacial score (nSPS) is 21.9. The molecule has 1 amide bonds. The SMILES string of the molecule is O=C1C(=O)N(CCN2CCOCC2)C(c2ccc(F)cc2)C1=C(O)c1ccccc1. The van der Waals surface area contributed by atoms with Crippen LogP contribution in [0.5, 0.6) is 0 Å². The van der Waals surface area contributed by atoms with E-state index in [0.717, 1.165) is 13.1 Å². The Morgan fingerprint density at radius 3 is 2.33 bits per heavy atom. The monoisotopic (exact) mass is 410 g/mol. The number of halogens is 1. The molecule has 0 aliphatic carbocycles. The second kappa shape index (κ2) is 8.77. The van der Waals surface area contributed by atoms with Crippen LogP contribution in [0.3, 0.4) is 0 Å². The molecule has 1 N–H and O–H groups in total. The summed E-state index contributed by atoms with van der Waals surface area (Å²) in [5, 5.41) is 10.9. The molecule has 2 heterocycles. The van der Waals surface area contributed by atoms with Crippen molar-refractivity contribution in [3.63, 3.8) is 0 Å². The standard InChI is InChI=1S/C23H23FN2O4/c24-18-8-6-16(7-9-18)20-19(21(27)17-4-2-1-3-5-17)22(28)23(29)26(20)11-10-25-12-14-30-15-13-25/h1-9,20,27H,10-15H2. The zero-order chi connectivity index (χ0) is 21.1. The maximum absolute atomic E-state index is 13.5. The molecule has 1 unspecified atom stereocenters. The number of carbonyl (C=O) groups excluding carboxylic acids is 2. The number of benzene rings is 2. The van der Waals surface area contributed by atoms with Crippen LogP contribution in [0.25, 0.3) is 5.76 Å². The highest BCUT2D eigenvalue weighted by Gasteiger charge is 2.46. The number of ether oxygens (including phenoxy) is 1. The zero-order valence-electron chi connectivity index (χ0n) is 16.5. The van der Waals surface area contributed by atoms with Crippen LogP contribution in [0.2, 0.25) is 0 Å². The van der Waals surface area contributed by atoms with Crippen LogP contribution in [-0.4, -0.2) is 66.0 Å². The Morgan fingerprint density at radius 1 is 1.00 bits per heavy atom. The van der Waals surface area contributed by atoms with Crippen molar-refractivity contribution in [2.75, 3.05) is 39.4 Å². The van der Waals surface area contributed by atoms with Crippen LogP contribution in [0.15, 0.2) is 60.2 Å². The molecule has 30 heavy (non-hydrogen) atoms. The van der Waals surface area contributed by atoms with Crippen LogP contribution in [0.4, 0.5) is 4.39 Å². The number of Topliss-reactive ketones (excluding diaryl/α,β-unsaturated/α-hetero) is 1. The van der Waals surface area contributed by atoms with Crippen molar-refractivity contribution in [1.29, 1.82) is 0 Å². The summed E-state index contributed by atoms with van der Waals surface area (Å²) in [6, 6.07) is 13.6. The van der Waals surface area contributed by atoms with Crippen LogP contribution < -0.4 is 0 Å². The van der Waals surface area contributed by atoms with Crippen LogP contribution in [0, 0.1) is 5.82 Å². The van der Waals surface area contributed by atoms with Crippen LogP contribution in [0.1, 0.15) is 17.2 Å². The lowest BCUT2D eigenvalue weighted by molar-refractivity contribution is -0.140. The molecule has 2 aromatic carbocycles. The van der Waals surface area contributed by atoms with E-state index in [-0.39, 0.29) is 11.3 Å². The summed E-state index contributed by atoms with van der Waals surface area (Å²) >= 11 is 0. The van der Waals surface area contributed by atoms with Crippen molar-refractivity contribution >= 4 is 17.4 Å². The molecule has 6 nitrogen and oxygen atoms in total. The second-order valence-corrected chi connectivity index (χ2v) is 7.36. The lowest BCUT2D eigenvalue weighted by atomic mass is 9.95. The number of likely N-dealkylation sites (tertiary alicyclic amines) is 1. The summed E-state index contributed by atoms with van der Waals surface area (Å²) in [5.41, 5.74) is 1.06. The molecule has 0 bridgehead atoms.